The van der Waals surface area contributed by atoms with Gasteiger partial charge in [0, 0.05) is 13.3 Å². The van der Waals surface area contributed by atoms with E-state index in [1.807, 2.05) is 0 Å². The van der Waals surface area contributed by atoms with E-state index in [0.29, 0.717) is 10.6 Å². The fourth-order valence-corrected chi connectivity index (χ4v) is 2.59. The average molecular weight is 450 g/mol. The van der Waals surface area contributed by atoms with Gasteiger partial charge in [-0.05, 0) is 54.5 Å². The third-order valence-corrected chi connectivity index (χ3v) is 3.66. The van der Waals surface area contributed by atoms with E-state index < -0.39 is 29.4 Å². The summed E-state index contributed by atoms with van der Waals surface area (Å²) in [5.41, 5.74) is -1.43. The van der Waals surface area contributed by atoms with Crippen molar-refractivity contribution in [2.24, 2.45) is 0 Å². The van der Waals surface area contributed by atoms with E-state index in [9.17, 15) is 14.4 Å². The molecule has 0 unspecified atom stereocenters. The normalized spacial score (nSPS) is 11.9. The number of fused-ring (bicyclic) bond motifs is 1. The molecule has 0 aliphatic rings. The first-order chi connectivity index (χ1) is 14.8. The van der Waals surface area contributed by atoms with Crippen LogP contribution in [0.5, 0.6) is 0 Å². The summed E-state index contributed by atoms with van der Waals surface area (Å²) in [5.74, 6) is -1.12. The molecule has 0 N–H and O–H groups in total. The molecule has 2 rings (SSSR count). The number of aromatic nitrogens is 3. The van der Waals surface area contributed by atoms with Crippen LogP contribution in [0.15, 0.2) is 12.3 Å². The number of imide groups is 1. The van der Waals surface area contributed by atoms with Crippen LogP contribution in [0.1, 0.15) is 64.5 Å². The van der Waals surface area contributed by atoms with Crippen molar-refractivity contribution in [2.45, 2.75) is 66.3 Å². The number of rotatable bonds is 5. The van der Waals surface area contributed by atoms with Crippen LogP contribution in [0.3, 0.4) is 0 Å². The van der Waals surface area contributed by atoms with Crippen LogP contribution in [0.2, 0.25) is 0 Å². The predicted molar refractivity (Wildman–Crippen MR) is 115 cm³/mol. The summed E-state index contributed by atoms with van der Waals surface area (Å²) in [5, 5.41) is 4.26. The van der Waals surface area contributed by atoms with E-state index in [1.165, 1.54) is 17.8 Å². The molecular weight excluding hydrogens is 420 g/mol. The van der Waals surface area contributed by atoms with Crippen LogP contribution in [0.25, 0.3) is 5.65 Å². The lowest BCUT2D eigenvalue weighted by Gasteiger charge is -2.27. The lowest BCUT2D eigenvalue weighted by atomic mass is 10.2. The number of carbonyl (C=O) groups excluding carboxylic acids is 3. The standard InChI is InChI=1S/C21H30N4O7/c1-9-30-17(26)14-15-22-13(12-29-8)10-11-24(15)23-16(14)25(18(27)31-20(2,3)4)19(28)32-21(5,6)7/h10-11H,9,12H2,1-8H3. The first-order valence-electron chi connectivity index (χ1n) is 10.1. The van der Waals surface area contributed by atoms with Crippen LogP contribution in [-0.4, -0.2) is 57.7 Å². The molecule has 2 aromatic heterocycles. The average Bonchev–Trinajstić information content (AvgIpc) is 2.97. The maximum atomic E-state index is 13.0. The van der Waals surface area contributed by atoms with Gasteiger partial charge in [-0.2, -0.15) is 4.90 Å². The molecule has 0 atom stereocenters. The number of ether oxygens (including phenoxy) is 4. The Bertz CT molecular complexity index is 974. The zero-order valence-corrected chi connectivity index (χ0v) is 19.7. The molecule has 0 aromatic carbocycles. The minimum atomic E-state index is -1.06. The molecule has 0 bridgehead atoms. The lowest BCUT2D eigenvalue weighted by Crippen LogP contribution is -2.44. The molecule has 2 amide bonds. The van der Waals surface area contributed by atoms with E-state index in [1.54, 1.807) is 54.5 Å². The smallest absolute Gasteiger partial charge is 0.425 e. The number of carbonyl (C=O) groups is 3. The second kappa shape index (κ2) is 9.51. The van der Waals surface area contributed by atoms with Gasteiger partial charge in [-0.25, -0.2) is 23.9 Å². The highest BCUT2D eigenvalue weighted by atomic mass is 16.6. The van der Waals surface area contributed by atoms with Crippen LogP contribution >= 0.6 is 0 Å². The summed E-state index contributed by atoms with van der Waals surface area (Å²) >= 11 is 0. The highest BCUT2D eigenvalue weighted by Crippen LogP contribution is 2.28. The van der Waals surface area contributed by atoms with Gasteiger partial charge in [-0.1, -0.05) is 0 Å². The van der Waals surface area contributed by atoms with Gasteiger partial charge in [0.15, 0.2) is 11.5 Å². The minimum absolute atomic E-state index is 0.0618. The second-order valence-electron chi connectivity index (χ2n) is 8.84. The molecule has 0 aliphatic heterocycles. The highest BCUT2D eigenvalue weighted by Gasteiger charge is 2.39. The Morgan fingerprint density at radius 1 is 1.03 bits per heavy atom. The van der Waals surface area contributed by atoms with Gasteiger partial charge in [0.25, 0.3) is 0 Å². The Morgan fingerprint density at radius 3 is 2.06 bits per heavy atom. The summed E-state index contributed by atoms with van der Waals surface area (Å²) in [4.78, 5) is 43.9. The number of anilines is 1. The first kappa shape index (κ1) is 25.1. The molecule has 11 nitrogen and oxygen atoms in total. The third kappa shape index (κ3) is 6.16. The van der Waals surface area contributed by atoms with Crippen molar-refractivity contribution in [3.05, 3.63) is 23.5 Å². The van der Waals surface area contributed by atoms with Crippen molar-refractivity contribution >= 4 is 29.6 Å². The SMILES string of the molecule is CCOC(=O)c1c(N(C(=O)OC(C)(C)C)C(=O)OC(C)(C)C)nn2ccc(COC)nc12. The Balaban J connectivity index is 2.74. The van der Waals surface area contributed by atoms with Gasteiger partial charge < -0.3 is 18.9 Å². The van der Waals surface area contributed by atoms with Crippen LogP contribution in [0, 0.1) is 0 Å². The summed E-state index contributed by atoms with van der Waals surface area (Å²) in [6.07, 6.45) is -0.582. The van der Waals surface area contributed by atoms with E-state index in [2.05, 4.69) is 10.1 Å². The molecule has 2 aromatic rings. The van der Waals surface area contributed by atoms with Gasteiger partial charge in [0.1, 0.15) is 16.8 Å². The summed E-state index contributed by atoms with van der Waals surface area (Å²) in [6.45, 7) is 11.7. The maximum Gasteiger partial charge on any atom is 0.425 e. The van der Waals surface area contributed by atoms with E-state index in [4.69, 9.17) is 18.9 Å². The molecule has 0 fully saturated rings. The number of hydrogen-bond donors (Lipinski definition) is 0. The third-order valence-electron chi connectivity index (χ3n) is 3.66. The molecule has 2 heterocycles. The molecule has 0 aliphatic carbocycles. The van der Waals surface area contributed by atoms with E-state index >= 15 is 0 Å². The Morgan fingerprint density at radius 2 is 1.59 bits per heavy atom. The lowest BCUT2D eigenvalue weighted by molar-refractivity contribution is 0.0428. The Hall–Kier alpha value is -3.21. The second-order valence-corrected chi connectivity index (χ2v) is 8.84. The van der Waals surface area contributed by atoms with Gasteiger partial charge >= 0.3 is 18.2 Å². The summed E-state index contributed by atoms with van der Waals surface area (Å²) in [7, 11) is 1.51. The van der Waals surface area contributed by atoms with Crippen LogP contribution < -0.4 is 4.90 Å². The predicted octanol–water partition coefficient (Wildman–Crippen LogP) is 3.73. The van der Waals surface area contributed by atoms with Crippen molar-refractivity contribution in [1.29, 1.82) is 0 Å². The summed E-state index contributed by atoms with van der Waals surface area (Å²) < 4.78 is 22.3. The van der Waals surface area contributed by atoms with E-state index in [0.717, 1.165) is 0 Å². The number of nitrogens with zero attached hydrogens (tertiary/aromatic N) is 4. The number of methoxy groups -OCH3 is 1. The fraction of sp³-hybridized carbons (Fsp3) is 0.571. The van der Waals surface area contributed by atoms with Gasteiger partial charge in [0.2, 0.25) is 0 Å². The monoisotopic (exact) mass is 450 g/mol. The van der Waals surface area contributed by atoms with Crippen molar-refractivity contribution in [3.8, 4) is 0 Å². The molecule has 0 spiro atoms. The molecular formula is C21H30N4O7. The van der Waals surface area contributed by atoms with E-state index in [-0.39, 0.29) is 30.2 Å². The molecule has 0 saturated carbocycles. The molecule has 176 valence electrons. The number of esters is 1. The zero-order valence-electron chi connectivity index (χ0n) is 19.7. The maximum absolute atomic E-state index is 13.0. The fourth-order valence-electron chi connectivity index (χ4n) is 2.59. The number of hydrogen-bond acceptors (Lipinski definition) is 9. The quantitative estimate of drug-likeness (QED) is 0.495. The van der Waals surface area contributed by atoms with Crippen molar-refractivity contribution in [3.63, 3.8) is 0 Å². The van der Waals surface area contributed by atoms with Crippen molar-refractivity contribution in [1.82, 2.24) is 14.6 Å². The van der Waals surface area contributed by atoms with Gasteiger partial charge in [-0.15, -0.1) is 5.10 Å². The minimum Gasteiger partial charge on any atom is -0.462 e. The molecule has 32 heavy (non-hydrogen) atoms. The zero-order chi connectivity index (χ0) is 24.3. The first-order valence-corrected chi connectivity index (χ1v) is 10.1. The Labute approximate surface area is 186 Å². The van der Waals surface area contributed by atoms with Crippen LogP contribution in [0.4, 0.5) is 15.4 Å². The Kier molecular flexibility index (Phi) is 7.45. The summed E-state index contributed by atoms with van der Waals surface area (Å²) in [6, 6.07) is 1.63. The molecule has 0 radical (unpaired) electrons. The highest BCUT2D eigenvalue weighted by molar-refractivity contribution is 6.14. The van der Waals surface area contributed by atoms with Crippen molar-refractivity contribution in [2.75, 3.05) is 18.6 Å². The topological polar surface area (TPSA) is 122 Å². The van der Waals surface area contributed by atoms with Crippen molar-refractivity contribution < 1.29 is 33.3 Å². The van der Waals surface area contributed by atoms with Gasteiger partial charge in [0.05, 0.1) is 18.9 Å². The largest absolute Gasteiger partial charge is 0.462 e. The molecule has 0 saturated heterocycles. The number of amides is 2. The van der Waals surface area contributed by atoms with Gasteiger partial charge in [-0.3, -0.25) is 0 Å². The molecule has 11 heteroatoms. The van der Waals surface area contributed by atoms with Crippen LogP contribution in [-0.2, 0) is 25.6 Å².